The maximum atomic E-state index is 14.5. The number of ether oxygens (including phenoxy) is 6. The number of aliphatic hydroxyl groups is 3. The Labute approximate surface area is 454 Å². The molecule has 0 aromatic heterocycles. The van der Waals surface area contributed by atoms with Crippen LogP contribution in [0.15, 0.2) is 47.6 Å². The monoisotopic (exact) mass is 1080 g/mol. The number of allylic oxidation sites excluding steroid dienone is 6. The number of fused-ring (bicyclic) bond motifs is 4. The van der Waals surface area contributed by atoms with Crippen LogP contribution in [0.3, 0.4) is 0 Å². The van der Waals surface area contributed by atoms with Gasteiger partial charge >= 0.3 is 12.0 Å². The molecule has 4 saturated heterocycles. The van der Waals surface area contributed by atoms with Crippen molar-refractivity contribution < 1.29 is 77.3 Å². The molecule has 5 aliphatic heterocycles. The zero-order valence-corrected chi connectivity index (χ0v) is 46.8. The Morgan fingerprint density at radius 3 is 2.27 bits per heavy atom. The van der Waals surface area contributed by atoms with Gasteiger partial charge in [0.2, 0.25) is 5.79 Å². The highest BCUT2D eigenvalue weighted by Crippen LogP contribution is 2.38. The number of methoxy groups -OCH3 is 2. The number of amides is 4. The first-order chi connectivity index (χ1) is 36.6. The standard InChI is InChI=1S/C58H87N3O16/c1-33-15-11-10-12-16-34(2)47(75-24-23-74-42-29-44-54(67)59-57(70)61(44)32-42)30-41-20-18-39(7)58(71,77-41)53(66)55(68)60-22-14-13-17-43(60)56(69)76-48(36(4)27-40-19-21-45(62)49(28-40)72-8)31-46(63)35(3)26-38(6)51(65)52(73-9)50(64)37(5)25-33/h10-12,15-16,26,33,35-37,39-45,47-49,51-52,62,65,71H,13-14,17-25,27-32H2,1-9H3,(H,59,67,70)/b12-10?,15-11+,34-16?,38-26+/t33-,35-,36-,37-,39-,40+,41+,42-,43+,44+,45-,47+,48+,49-,51-,52+,58-/m1/s1. The van der Waals surface area contributed by atoms with E-state index in [0.29, 0.717) is 69.8 Å². The van der Waals surface area contributed by atoms with E-state index in [0.717, 1.165) is 5.57 Å². The topological polar surface area (TPSA) is 254 Å². The van der Waals surface area contributed by atoms with Gasteiger partial charge in [-0.25, -0.2) is 9.59 Å². The van der Waals surface area contributed by atoms with E-state index < -0.39 is 95.9 Å². The van der Waals surface area contributed by atoms with Crippen molar-refractivity contribution in [2.75, 3.05) is 40.5 Å². The fourth-order valence-electron chi connectivity index (χ4n) is 12.1. The number of nitrogens with one attached hydrogen (secondary N) is 1. The summed E-state index contributed by atoms with van der Waals surface area (Å²) in [6.45, 7) is 13.1. The molecule has 77 heavy (non-hydrogen) atoms. The number of hydrogen-bond acceptors (Lipinski definition) is 16. The van der Waals surface area contributed by atoms with Gasteiger partial charge in [-0.15, -0.1) is 0 Å². The number of rotatable bonds is 10. The van der Waals surface area contributed by atoms with Crippen molar-refractivity contribution in [1.82, 2.24) is 15.1 Å². The van der Waals surface area contributed by atoms with Crippen molar-refractivity contribution in [2.24, 2.45) is 35.5 Å². The molecule has 0 spiro atoms. The molecule has 430 valence electrons. The van der Waals surface area contributed by atoms with Gasteiger partial charge in [-0.3, -0.25) is 29.3 Å². The second-order valence-electron chi connectivity index (χ2n) is 22.9. The summed E-state index contributed by atoms with van der Waals surface area (Å²) >= 11 is 0. The number of nitrogens with zero attached hydrogens (tertiary/aromatic N) is 2. The average Bonchev–Trinajstić information content (AvgIpc) is 3.97. The molecule has 0 radical (unpaired) electrons. The van der Waals surface area contributed by atoms with Crippen molar-refractivity contribution in [3.8, 4) is 0 Å². The average molecular weight is 1080 g/mol. The van der Waals surface area contributed by atoms with Crippen LogP contribution in [0.1, 0.15) is 132 Å². The van der Waals surface area contributed by atoms with Crippen LogP contribution in [0.4, 0.5) is 4.79 Å². The second-order valence-corrected chi connectivity index (χ2v) is 22.9. The molecule has 17 atom stereocenters. The summed E-state index contributed by atoms with van der Waals surface area (Å²) in [7, 11) is 2.92. The molecule has 5 fully saturated rings. The Hall–Kier alpha value is -4.47. The highest BCUT2D eigenvalue weighted by atomic mass is 16.6. The molecule has 2 bridgehead atoms. The molecule has 4 amide bonds. The summed E-state index contributed by atoms with van der Waals surface area (Å²) in [5.41, 5.74) is 1.15. The van der Waals surface area contributed by atoms with Crippen molar-refractivity contribution >= 4 is 41.2 Å². The van der Waals surface area contributed by atoms with E-state index in [1.165, 1.54) is 16.9 Å². The first-order valence-electron chi connectivity index (χ1n) is 28.0. The van der Waals surface area contributed by atoms with Crippen LogP contribution in [-0.2, 0) is 57.2 Å². The van der Waals surface area contributed by atoms with Crippen LogP contribution in [0.2, 0.25) is 0 Å². The summed E-state index contributed by atoms with van der Waals surface area (Å²) in [6.07, 6.45) is 9.95. The fourth-order valence-corrected chi connectivity index (χ4v) is 12.1. The summed E-state index contributed by atoms with van der Waals surface area (Å²) < 4.78 is 36.3. The Kier molecular flexibility index (Phi) is 22.5. The zero-order valence-electron chi connectivity index (χ0n) is 46.8. The Morgan fingerprint density at radius 2 is 1.56 bits per heavy atom. The number of carbonyl (C=O) groups excluding carboxylic acids is 7. The van der Waals surface area contributed by atoms with Crippen molar-refractivity contribution in [3.05, 3.63) is 47.6 Å². The molecular weight excluding hydrogens is 995 g/mol. The molecule has 6 aliphatic rings. The van der Waals surface area contributed by atoms with Gasteiger partial charge in [0.25, 0.3) is 17.6 Å². The molecule has 19 heteroatoms. The highest BCUT2D eigenvalue weighted by Gasteiger charge is 2.53. The summed E-state index contributed by atoms with van der Waals surface area (Å²) in [5.74, 6) is -8.88. The van der Waals surface area contributed by atoms with Crippen molar-refractivity contribution in [1.29, 1.82) is 0 Å². The molecule has 6 rings (SSSR count). The SMILES string of the molecule is CO[C@@H]1C[C@H](C[C@@H](C)[C@@H]2CC(=O)[C@H](C)/C=C(\C)[C@@H](O)[C@@H](OC)C(=O)[C@H](C)C[C@H](C)/C=C/C=CC=C(C)[C@@H](OCCO[C@@H]3C[C@H]4C(=O)NC(=O)N4C3)C[C@@H]3CC[C@@H](C)[C@@](O)(O3)C(=O)C(=O)N3CCCC[C@H]3C(=O)O2)CC[C@H]1O. The van der Waals surface area contributed by atoms with E-state index in [-0.39, 0.29) is 93.0 Å². The summed E-state index contributed by atoms with van der Waals surface area (Å²) in [5, 5.41) is 36.6. The quantitative estimate of drug-likeness (QED) is 0.0716. The minimum Gasteiger partial charge on any atom is -0.460 e. The number of esters is 1. The Bertz CT molecular complexity index is 2210. The molecule has 1 aliphatic carbocycles. The van der Waals surface area contributed by atoms with Crippen LogP contribution in [-0.4, -0.2) is 174 Å². The number of imide groups is 1. The smallest absolute Gasteiger partial charge is 0.329 e. The molecule has 1 saturated carbocycles. The highest BCUT2D eigenvalue weighted by molar-refractivity contribution is 6.39. The number of piperidine rings is 1. The number of Topliss-reactive ketones (excluding diaryl/α,β-unsaturated/α-hetero) is 3. The third-order valence-electron chi connectivity index (χ3n) is 17.0. The normalized spacial score (nSPS) is 38.5. The van der Waals surface area contributed by atoms with E-state index in [2.05, 4.69) is 5.32 Å². The number of ketones is 3. The number of cyclic esters (lactones) is 1. The molecule has 5 heterocycles. The number of hydrogen-bond donors (Lipinski definition) is 4. The third-order valence-corrected chi connectivity index (χ3v) is 17.0. The summed E-state index contributed by atoms with van der Waals surface area (Å²) in [6, 6.07) is -2.20. The zero-order chi connectivity index (χ0) is 56.3. The lowest BCUT2D eigenvalue weighted by Gasteiger charge is -2.43. The minimum atomic E-state index is -2.53. The number of aliphatic hydroxyl groups excluding tert-OH is 2. The van der Waals surface area contributed by atoms with Gasteiger partial charge in [-0.2, -0.15) is 0 Å². The maximum absolute atomic E-state index is 14.5. The molecule has 19 nitrogen and oxygen atoms in total. The number of urea groups is 1. The molecular formula is C58H87N3O16. The van der Waals surface area contributed by atoms with Crippen LogP contribution >= 0.6 is 0 Å². The van der Waals surface area contributed by atoms with Crippen LogP contribution in [0, 0.1) is 35.5 Å². The molecule has 0 aromatic rings. The van der Waals surface area contributed by atoms with Crippen LogP contribution < -0.4 is 5.32 Å². The van der Waals surface area contributed by atoms with Gasteiger partial charge < -0.3 is 53.5 Å². The van der Waals surface area contributed by atoms with Crippen LogP contribution in [0.25, 0.3) is 0 Å². The van der Waals surface area contributed by atoms with E-state index in [9.17, 15) is 48.9 Å². The van der Waals surface area contributed by atoms with Gasteiger partial charge in [-0.1, -0.05) is 71.1 Å². The lowest BCUT2D eigenvalue weighted by atomic mass is 9.78. The van der Waals surface area contributed by atoms with E-state index in [1.807, 2.05) is 51.2 Å². The van der Waals surface area contributed by atoms with E-state index in [4.69, 9.17) is 28.4 Å². The fraction of sp³-hybridized carbons (Fsp3) is 0.741. The van der Waals surface area contributed by atoms with Gasteiger partial charge in [0.1, 0.15) is 36.2 Å². The summed E-state index contributed by atoms with van der Waals surface area (Å²) in [4.78, 5) is 98.7. The molecule has 4 N–H and O–H groups in total. The molecule has 0 unspecified atom stereocenters. The van der Waals surface area contributed by atoms with Crippen LogP contribution in [0.5, 0.6) is 0 Å². The lowest BCUT2D eigenvalue weighted by Crippen LogP contribution is -2.61. The van der Waals surface area contributed by atoms with Crippen molar-refractivity contribution in [3.63, 3.8) is 0 Å². The van der Waals surface area contributed by atoms with Gasteiger partial charge in [0.15, 0.2) is 5.78 Å². The Morgan fingerprint density at radius 1 is 0.818 bits per heavy atom. The first kappa shape index (κ1) is 61.7. The largest absolute Gasteiger partial charge is 0.460 e. The first-order valence-corrected chi connectivity index (χ1v) is 28.0. The predicted molar refractivity (Wildman–Crippen MR) is 282 cm³/mol. The van der Waals surface area contributed by atoms with Gasteiger partial charge in [0, 0.05) is 64.3 Å². The number of carbonyl (C=O) groups is 7. The molecule has 0 aromatic carbocycles. The van der Waals surface area contributed by atoms with E-state index >= 15 is 0 Å². The van der Waals surface area contributed by atoms with E-state index in [1.54, 1.807) is 40.9 Å². The predicted octanol–water partition coefficient (Wildman–Crippen LogP) is 5.26. The Balaban J connectivity index is 1.27. The van der Waals surface area contributed by atoms with Gasteiger partial charge in [0.05, 0.1) is 43.7 Å². The maximum Gasteiger partial charge on any atom is 0.329 e. The lowest BCUT2D eigenvalue weighted by molar-refractivity contribution is -0.266. The third kappa shape index (κ3) is 15.7. The van der Waals surface area contributed by atoms with Gasteiger partial charge in [-0.05, 0) is 107 Å². The van der Waals surface area contributed by atoms with Crippen molar-refractivity contribution in [2.45, 2.75) is 199 Å². The second kappa shape index (κ2) is 28.1. The minimum absolute atomic E-state index is 0.0417.